The van der Waals surface area contributed by atoms with Gasteiger partial charge in [0, 0.05) is 0 Å². The first kappa shape index (κ1) is 16.4. The Morgan fingerprint density at radius 2 is 1.59 bits per heavy atom. The molecule has 1 aromatic rings. The molecule has 0 amide bonds. The molecule has 0 radical (unpaired) electrons. The Bertz CT molecular complexity index is 354. The number of ether oxygens (including phenoxy) is 2. The van der Waals surface area contributed by atoms with Crippen LogP contribution in [0.1, 0.15) is 11.6 Å². The molecule has 3 nitrogen and oxygen atoms in total. The summed E-state index contributed by atoms with van der Waals surface area (Å²) in [5, 5.41) is 0. The lowest BCUT2D eigenvalue weighted by Gasteiger charge is -2.15. The Balaban J connectivity index is 0.00000256. The van der Waals surface area contributed by atoms with E-state index in [4.69, 9.17) is 15.2 Å². The Kier molecular flexibility index (Phi) is 6.74. The maximum absolute atomic E-state index is 12.5. The highest BCUT2D eigenvalue weighted by atomic mass is 79.9. The van der Waals surface area contributed by atoms with Gasteiger partial charge in [-0.3, -0.25) is 0 Å². The molecule has 0 saturated heterocycles. The molecule has 0 spiro atoms. The lowest BCUT2D eigenvalue weighted by Crippen LogP contribution is -2.19. The quantitative estimate of drug-likeness (QED) is 0.921. The van der Waals surface area contributed by atoms with Crippen molar-refractivity contribution in [3.05, 3.63) is 22.2 Å². The van der Waals surface area contributed by atoms with E-state index in [1.54, 1.807) is 0 Å². The highest BCUT2D eigenvalue weighted by molar-refractivity contribution is 9.10. The van der Waals surface area contributed by atoms with Crippen molar-refractivity contribution in [3.8, 4) is 11.5 Å². The summed E-state index contributed by atoms with van der Waals surface area (Å²) in [5.74, 6) is 0.816. The van der Waals surface area contributed by atoms with Gasteiger partial charge in [0.05, 0.1) is 20.3 Å². The minimum Gasteiger partial charge on any atom is -0.495 e. The van der Waals surface area contributed by atoms with E-state index >= 15 is 0 Å². The largest absolute Gasteiger partial charge is 0.495 e. The fraction of sp³-hybridized carbons (Fsp3) is 0.400. The standard InChI is InChI=1S/C10H12BrF2NO2.ClH/c1-15-6-3-5(9(14)10(12)13)4-7(16-2)8(6)11;/h3-4,9-10H,14H2,1-2H3;1H/t9-;/m1./s1. The van der Waals surface area contributed by atoms with Crippen molar-refractivity contribution < 1.29 is 18.3 Å². The van der Waals surface area contributed by atoms with Crippen LogP contribution in [-0.4, -0.2) is 20.6 Å². The van der Waals surface area contributed by atoms with Gasteiger partial charge in [-0.05, 0) is 33.6 Å². The molecule has 0 aliphatic heterocycles. The molecule has 0 heterocycles. The van der Waals surface area contributed by atoms with E-state index in [1.165, 1.54) is 26.4 Å². The first-order valence-corrected chi connectivity index (χ1v) is 5.25. The third-order valence-corrected chi connectivity index (χ3v) is 2.91. The van der Waals surface area contributed by atoms with Gasteiger partial charge in [0.1, 0.15) is 16.0 Å². The van der Waals surface area contributed by atoms with E-state index < -0.39 is 12.5 Å². The minimum atomic E-state index is -2.63. The topological polar surface area (TPSA) is 44.5 Å². The molecule has 1 aromatic carbocycles. The summed E-state index contributed by atoms with van der Waals surface area (Å²) >= 11 is 3.24. The van der Waals surface area contributed by atoms with Crippen molar-refractivity contribution in [2.45, 2.75) is 12.5 Å². The third-order valence-electron chi connectivity index (χ3n) is 2.12. The van der Waals surface area contributed by atoms with Crippen LogP contribution in [0.3, 0.4) is 0 Å². The molecular weight excluding hydrogens is 319 g/mol. The van der Waals surface area contributed by atoms with Gasteiger partial charge in [-0.1, -0.05) is 0 Å². The maximum atomic E-state index is 12.5. The van der Waals surface area contributed by atoms with Gasteiger partial charge in [-0.15, -0.1) is 12.4 Å². The predicted octanol–water partition coefficient (Wildman–Crippen LogP) is 3.15. The number of hydrogen-bond acceptors (Lipinski definition) is 3. The summed E-state index contributed by atoms with van der Waals surface area (Å²) in [6, 6.07) is 1.57. The number of rotatable bonds is 4. The average molecular weight is 333 g/mol. The van der Waals surface area contributed by atoms with Crippen LogP contribution in [0.25, 0.3) is 0 Å². The van der Waals surface area contributed by atoms with Crippen LogP contribution in [-0.2, 0) is 0 Å². The molecule has 0 unspecified atom stereocenters. The second-order valence-electron chi connectivity index (χ2n) is 3.10. The summed E-state index contributed by atoms with van der Waals surface area (Å²) in [6.45, 7) is 0. The molecule has 0 bridgehead atoms. The number of nitrogens with two attached hydrogens (primary N) is 1. The fourth-order valence-electron chi connectivity index (χ4n) is 1.23. The van der Waals surface area contributed by atoms with Gasteiger partial charge < -0.3 is 15.2 Å². The van der Waals surface area contributed by atoms with Crippen molar-refractivity contribution in [1.82, 2.24) is 0 Å². The van der Waals surface area contributed by atoms with Crippen LogP contribution in [0.15, 0.2) is 16.6 Å². The lowest BCUT2D eigenvalue weighted by molar-refractivity contribution is 0.116. The zero-order valence-corrected chi connectivity index (χ0v) is 11.6. The van der Waals surface area contributed by atoms with Gasteiger partial charge >= 0.3 is 0 Å². The van der Waals surface area contributed by atoms with E-state index in [-0.39, 0.29) is 18.0 Å². The highest BCUT2D eigenvalue weighted by Crippen LogP contribution is 2.37. The molecule has 0 saturated carbocycles. The molecule has 0 aliphatic carbocycles. The van der Waals surface area contributed by atoms with E-state index in [0.717, 1.165) is 0 Å². The van der Waals surface area contributed by atoms with Crippen LogP contribution in [0.5, 0.6) is 11.5 Å². The van der Waals surface area contributed by atoms with Crippen LogP contribution in [0.2, 0.25) is 0 Å². The molecule has 0 fully saturated rings. The number of hydrogen-bond donors (Lipinski definition) is 1. The van der Waals surface area contributed by atoms with Crippen molar-refractivity contribution >= 4 is 28.3 Å². The van der Waals surface area contributed by atoms with E-state index in [0.29, 0.717) is 16.0 Å². The smallest absolute Gasteiger partial charge is 0.257 e. The molecule has 17 heavy (non-hydrogen) atoms. The highest BCUT2D eigenvalue weighted by Gasteiger charge is 2.20. The monoisotopic (exact) mass is 331 g/mol. The van der Waals surface area contributed by atoms with E-state index in [2.05, 4.69) is 15.9 Å². The van der Waals surface area contributed by atoms with Crippen molar-refractivity contribution in [1.29, 1.82) is 0 Å². The molecule has 98 valence electrons. The minimum absolute atomic E-state index is 0. The Hall–Kier alpha value is -0.590. The van der Waals surface area contributed by atoms with Crippen LogP contribution < -0.4 is 15.2 Å². The molecule has 7 heteroatoms. The first-order chi connectivity index (χ1) is 7.51. The number of alkyl halides is 2. The first-order valence-electron chi connectivity index (χ1n) is 4.46. The van der Waals surface area contributed by atoms with Crippen molar-refractivity contribution in [3.63, 3.8) is 0 Å². The normalized spacial score (nSPS) is 11.9. The Labute approximate surface area is 113 Å². The molecule has 1 rings (SSSR count). The number of methoxy groups -OCH3 is 2. The van der Waals surface area contributed by atoms with Gasteiger partial charge in [0.15, 0.2) is 0 Å². The van der Waals surface area contributed by atoms with Crippen molar-refractivity contribution in [2.75, 3.05) is 14.2 Å². The van der Waals surface area contributed by atoms with Gasteiger partial charge in [-0.25, -0.2) is 8.78 Å². The summed E-state index contributed by atoms with van der Waals surface area (Å²) in [6.07, 6.45) is -2.63. The Morgan fingerprint density at radius 1 is 1.18 bits per heavy atom. The van der Waals surface area contributed by atoms with E-state index in [1.807, 2.05) is 0 Å². The zero-order valence-electron chi connectivity index (χ0n) is 9.25. The third kappa shape index (κ3) is 3.69. The second kappa shape index (κ2) is 6.98. The van der Waals surface area contributed by atoms with Crippen molar-refractivity contribution in [2.24, 2.45) is 5.73 Å². The van der Waals surface area contributed by atoms with Crippen LogP contribution >= 0.6 is 28.3 Å². The summed E-state index contributed by atoms with van der Waals surface area (Å²) < 4.78 is 35.6. The fourth-order valence-corrected chi connectivity index (χ4v) is 1.78. The van der Waals surface area contributed by atoms with Crippen LogP contribution in [0, 0.1) is 0 Å². The summed E-state index contributed by atoms with van der Waals surface area (Å²) in [7, 11) is 2.88. The van der Waals surface area contributed by atoms with E-state index in [9.17, 15) is 8.78 Å². The SMILES string of the molecule is COc1cc([C@@H](N)C(F)F)cc(OC)c1Br.Cl. The molecule has 1 atom stereocenters. The van der Waals surface area contributed by atoms with Crippen LogP contribution in [0.4, 0.5) is 8.78 Å². The molecule has 0 aliphatic rings. The summed E-state index contributed by atoms with van der Waals surface area (Å²) in [5.41, 5.74) is 5.63. The maximum Gasteiger partial charge on any atom is 0.257 e. The van der Waals surface area contributed by atoms with Gasteiger partial charge in [-0.2, -0.15) is 0 Å². The number of halogens is 4. The number of benzene rings is 1. The molecule has 0 aromatic heterocycles. The lowest BCUT2D eigenvalue weighted by atomic mass is 10.1. The molecular formula is C10H13BrClF2NO2. The summed E-state index contributed by atoms with van der Waals surface area (Å²) in [4.78, 5) is 0. The second-order valence-corrected chi connectivity index (χ2v) is 3.89. The molecule has 2 N–H and O–H groups in total. The zero-order chi connectivity index (χ0) is 12.3. The average Bonchev–Trinajstić information content (AvgIpc) is 2.28. The predicted molar refractivity (Wildman–Crippen MR) is 67.4 cm³/mol. The van der Waals surface area contributed by atoms with Gasteiger partial charge in [0.25, 0.3) is 6.43 Å². The Morgan fingerprint density at radius 3 is 1.88 bits per heavy atom. The van der Waals surface area contributed by atoms with Gasteiger partial charge in [0.2, 0.25) is 0 Å².